The molecule has 0 saturated carbocycles. The lowest BCUT2D eigenvalue weighted by atomic mass is 9.78. The summed E-state index contributed by atoms with van der Waals surface area (Å²) in [5, 5.41) is 27.7. The zero-order chi connectivity index (χ0) is 36.5. The number of nitrogens with zero attached hydrogens (tertiary/aromatic N) is 2. The number of halogens is 1. The van der Waals surface area contributed by atoms with E-state index in [2.05, 4.69) is 40.3 Å². The summed E-state index contributed by atoms with van der Waals surface area (Å²) in [4.78, 5) is 32.5. The van der Waals surface area contributed by atoms with Crippen molar-refractivity contribution in [3.63, 3.8) is 0 Å². The van der Waals surface area contributed by atoms with E-state index in [0.29, 0.717) is 40.3 Å². The van der Waals surface area contributed by atoms with Crippen LogP contribution in [0.25, 0.3) is 43.2 Å². The lowest BCUT2D eigenvalue weighted by molar-refractivity contribution is -0.122. The van der Waals surface area contributed by atoms with Crippen molar-refractivity contribution >= 4 is 66.6 Å². The standard InChI is InChI=1S/C33H27ClO2.C13H8N2O2/c34-27-12-6-22(7-13-27)16-26-18-24-11-15-28-29(31(24)20-33(26)36)14-10-23-8-9-25(19-30(23)28)32(35)17-21-4-2-1-3-5-21;16-13(17)10-4-6-15-12-9(10)2-1-8-3-5-14-7-11(8)12/h1-7,10-15,18,20,25,36H,8-9,16-17,19H2;1-7H,(H,16,17). The van der Waals surface area contributed by atoms with Crippen LogP contribution in [0.1, 0.15) is 44.6 Å². The third-order valence-corrected chi connectivity index (χ3v) is 10.6. The zero-order valence-corrected chi connectivity index (χ0v) is 29.6. The van der Waals surface area contributed by atoms with Crippen LogP contribution in [0.3, 0.4) is 0 Å². The van der Waals surface area contributed by atoms with Gasteiger partial charge < -0.3 is 10.2 Å². The zero-order valence-electron chi connectivity index (χ0n) is 28.8. The monoisotopic (exact) mass is 714 g/mol. The lowest BCUT2D eigenvalue weighted by Gasteiger charge is -2.25. The Balaban J connectivity index is 0.000000196. The molecular weight excluding hydrogens is 680 g/mol. The van der Waals surface area contributed by atoms with Gasteiger partial charge in [-0.3, -0.25) is 14.8 Å². The van der Waals surface area contributed by atoms with E-state index in [1.807, 2.05) is 72.8 Å². The van der Waals surface area contributed by atoms with Gasteiger partial charge in [0.2, 0.25) is 0 Å². The van der Waals surface area contributed by atoms with Crippen LogP contribution in [-0.2, 0) is 30.5 Å². The van der Waals surface area contributed by atoms with E-state index in [1.54, 1.807) is 18.5 Å². The van der Waals surface area contributed by atoms with Crippen LogP contribution in [0.2, 0.25) is 5.02 Å². The number of phenols is 1. The average molecular weight is 715 g/mol. The Morgan fingerprint density at radius 2 is 1.51 bits per heavy atom. The summed E-state index contributed by atoms with van der Waals surface area (Å²) < 4.78 is 0. The van der Waals surface area contributed by atoms with Crippen molar-refractivity contribution in [2.75, 3.05) is 0 Å². The Labute approximate surface area is 311 Å². The Morgan fingerprint density at radius 3 is 2.32 bits per heavy atom. The number of aryl methyl sites for hydroxylation is 1. The largest absolute Gasteiger partial charge is 0.508 e. The molecule has 2 N–H and O–H groups in total. The molecule has 8 aromatic rings. The van der Waals surface area contributed by atoms with Gasteiger partial charge in [0.25, 0.3) is 0 Å². The van der Waals surface area contributed by atoms with Crippen molar-refractivity contribution in [1.29, 1.82) is 0 Å². The SMILES string of the molecule is O=C(Cc1ccccc1)C1CCc2ccc3c(ccc4cc(Cc5ccc(Cl)cc5)c(O)cc43)c2C1.O=C(O)c1ccnc2c1ccc1ccncc12. The number of benzene rings is 6. The van der Waals surface area contributed by atoms with Crippen LogP contribution in [0.15, 0.2) is 134 Å². The first kappa shape index (κ1) is 34.0. The number of carbonyl (C=O) groups is 2. The number of fused-ring (bicyclic) bond motifs is 8. The predicted octanol–water partition coefficient (Wildman–Crippen LogP) is 10.3. The summed E-state index contributed by atoms with van der Waals surface area (Å²) >= 11 is 6.02. The van der Waals surface area contributed by atoms with Gasteiger partial charge in [0.1, 0.15) is 11.5 Å². The first-order valence-corrected chi connectivity index (χ1v) is 18.0. The maximum absolute atomic E-state index is 13.1. The molecule has 1 atom stereocenters. The Bertz CT molecular complexity index is 2680. The number of Topliss-reactive ketones (excluding diaryl/α,β-unsaturated/α-hetero) is 1. The fourth-order valence-electron chi connectivity index (χ4n) is 7.63. The second-order valence-electron chi connectivity index (χ2n) is 13.7. The quantitative estimate of drug-likeness (QED) is 0.166. The highest BCUT2D eigenvalue weighted by molar-refractivity contribution is 6.30. The minimum Gasteiger partial charge on any atom is -0.508 e. The molecular formula is C46H35ClN2O4. The summed E-state index contributed by atoms with van der Waals surface area (Å²) in [7, 11) is 0. The summed E-state index contributed by atoms with van der Waals surface area (Å²) in [5.74, 6) is -0.262. The van der Waals surface area contributed by atoms with E-state index in [1.165, 1.54) is 28.8 Å². The third-order valence-electron chi connectivity index (χ3n) is 10.4. The second-order valence-corrected chi connectivity index (χ2v) is 14.1. The summed E-state index contributed by atoms with van der Waals surface area (Å²) in [6.45, 7) is 0. The Kier molecular flexibility index (Phi) is 9.30. The molecule has 0 aliphatic heterocycles. The summed E-state index contributed by atoms with van der Waals surface area (Å²) in [5.41, 5.74) is 6.66. The molecule has 1 aliphatic carbocycles. The van der Waals surface area contributed by atoms with Gasteiger partial charge in [-0.2, -0.15) is 0 Å². The molecule has 6 aromatic carbocycles. The van der Waals surface area contributed by atoms with E-state index in [9.17, 15) is 14.7 Å². The first-order valence-electron chi connectivity index (χ1n) is 17.7. The molecule has 0 spiro atoms. The smallest absolute Gasteiger partial charge is 0.336 e. The number of pyridine rings is 2. The average Bonchev–Trinajstić information content (AvgIpc) is 3.19. The summed E-state index contributed by atoms with van der Waals surface area (Å²) in [6, 6.07) is 37.6. The number of aromatic carboxylic acids is 1. The molecule has 53 heavy (non-hydrogen) atoms. The molecule has 1 aliphatic rings. The summed E-state index contributed by atoms with van der Waals surface area (Å²) in [6.07, 6.45) is 8.69. The molecule has 9 rings (SSSR count). The van der Waals surface area contributed by atoms with Gasteiger partial charge in [-0.1, -0.05) is 90.5 Å². The molecule has 0 saturated heterocycles. The van der Waals surface area contributed by atoms with Gasteiger partial charge >= 0.3 is 5.97 Å². The number of ketones is 1. The highest BCUT2D eigenvalue weighted by Crippen LogP contribution is 2.38. The second kappa shape index (κ2) is 14.5. The van der Waals surface area contributed by atoms with Crippen LogP contribution in [0, 0.1) is 5.92 Å². The van der Waals surface area contributed by atoms with Gasteiger partial charge in [-0.15, -0.1) is 0 Å². The van der Waals surface area contributed by atoms with Crippen LogP contribution in [0.5, 0.6) is 5.75 Å². The van der Waals surface area contributed by atoms with E-state index in [0.717, 1.165) is 62.9 Å². The van der Waals surface area contributed by atoms with Crippen LogP contribution < -0.4 is 0 Å². The number of carbonyl (C=O) groups excluding carboxylic acids is 1. The predicted molar refractivity (Wildman–Crippen MR) is 212 cm³/mol. The van der Waals surface area contributed by atoms with Crippen LogP contribution >= 0.6 is 11.6 Å². The van der Waals surface area contributed by atoms with Crippen molar-refractivity contribution in [2.24, 2.45) is 5.92 Å². The Hall–Kier alpha value is -6.11. The first-order chi connectivity index (χ1) is 25.8. The van der Waals surface area contributed by atoms with Crippen molar-refractivity contribution in [3.05, 3.63) is 172 Å². The number of aromatic hydroxyl groups is 1. The molecule has 1 unspecified atom stereocenters. The van der Waals surface area contributed by atoms with Gasteiger partial charge in [-0.05, 0) is 110 Å². The van der Waals surface area contributed by atoms with E-state index in [-0.39, 0.29) is 11.5 Å². The lowest BCUT2D eigenvalue weighted by Crippen LogP contribution is -2.24. The maximum atomic E-state index is 13.1. The number of carboxylic acids is 1. The van der Waals surface area contributed by atoms with Crippen LogP contribution in [0.4, 0.5) is 0 Å². The molecule has 0 fully saturated rings. The normalized spacial score (nSPS) is 13.8. The molecule has 7 heteroatoms. The fourth-order valence-corrected chi connectivity index (χ4v) is 7.76. The molecule has 6 nitrogen and oxygen atoms in total. The third kappa shape index (κ3) is 6.94. The minimum atomic E-state index is -0.944. The van der Waals surface area contributed by atoms with Crippen molar-refractivity contribution < 1.29 is 19.8 Å². The van der Waals surface area contributed by atoms with Crippen LogP contribution in [-0.4, -0.2) is 31.9 Å². The van der Waals surface area contributed by atoms with E-state index in [4.69, 9.17) is 16.7 Å². The maximum Gasteiger partial charge on any atom is 0.336 e. The minimum absolute atomic E-state index is 0.0501. The number of hydrogen-bond donors (Lipinski definition) is 2. The number of hydrogen-bond acceptors (Lipinski definition) is 5. The van der Waals surface area contributed by atoms with Crippen molar-refractivity contribution in [2.45, 2.75) is 32.1 Å². The molecule has 260 valence electrons. The highest BCUT2D eigenvalue weighted by atomic mass is 35.5. The number of rotatable bonds is 6. The van der Waals surface area contributed by atoms with Gasteiger partial charge in [-0.25, -0.2) is 4.79 Å². The van der Waals surface area contributed by atoms with E-state index >= 15 is 0 Å². The molecule has 0 radical (unpaired) electrons. The highest BCUT2D eigenvalue weighted by Gasteiger charge is 2.26. The molecule has 0 bridgehead atoms. The van der Waals surface area contributed by atoms with Crippen molar-refractivity contribution in [1.82, 2.24) is 9.97 Å². The van der Waals surface area contributed by atoms with Gasteiger partial charge in [0.15, 0.2) is 0 Å². The van der Waals surface area contributed by atoms with E-state index < -0.39 is 5.97 Å². The Morgan fingerprint density at radius 1 is 0.736 bits per heavy atom. The molecule has 2 heterocycles. The molecule has 0 amide bonds. The van der Waals surface area contributed by atoms with Crippen molar-refractivity contribution in [3.8, 4) is 5.75 Å². The number of carboxylic acid groups (broad SMARTS) is 1. The number of aromatic nitrogens is 2. The van der Waals surface area contributed by atoms with Gasteiger partial charge in [0, 0.05) is 53.1 Å². The van der Waals surface area contributed by atoms with Gasteiger partial charge in [0.05, 0.1) is 11.1 Å². The molecule has 2 aromatic heterocycles. The number of phenolic OH excluding ortho intramolecular Hbond substituents is 1. The fraction of sp³-hybridized carbons (Fsp3) is 0.130. The topological polar surface area (TPSA) is 100 Å².